The van der Waals surface area contributed by atoms with Crippen molar-refractivity contribution in [2.75, 3.05) is 13.2 Å². The Morgan fingerprint density at radius 2 is 1.95 bits per heavy atom. The number of nitrogens with one attached hydrogen (secondary N) is 3. The van der Waals surface area contributed by atoms with E-state index in [9.17, 15) is 14.4 Å². The second-order valence-corrected chi connectivity index (χ2v) is 5.12. The molecule has 1 saturated heterocycles. The molecule has 0 spiro atoms. The molecule has 0 radical (unpaired) electrons. The molecule has 1 rings (SSSR count). The molecule has 7 heteroatoms. The Labute approximate surface area is 118 Å². The second-order valence-electron chi connectivity index (χ2n) is 5.12. The zero-order valence-corrected chi connectivity index (χ0v) is 12.2. The highest BCUT2D eigenvalue weighted by Crippen LogP contribution is 2.15. The van der Waals surface area contributed by atoms with Crippen molar-refractivity contribution in [3.63, 3.8) is 0 Å². The van der Waals surface area contributed by atoms with E-state index in [0.29, 0.717) is 26.0 Å². The maximum atomic E-state index is 11.8. The van der Waals surface area contributed by atoms with Crippen LogP contribution in [0.1, 0.15) is 33.6 Å². The summed E-state index contributed by atoms with van der Waals surface area (Å²) >= 11 is 0. The van der Waals surface area contributed by atoms with Crippen LogP contribution in [0.3, 0.4) is 0 Å². The van der Waals surface area contributed by atoms with Gasteiger partial charge in [-0.05, 0) is 19.8 Å². The third-order valence-corrected chi connectivity index (χ3v) is 3.19. The third kappa shape index (κ3) is 4.80. The largest absolute Gasteiger partial charge is 0.465 e. The number of piperidine rings is 1. The predicted octanol–water partition coefficient (Wildman–Crippen LogP) is -0.279. The van der Waals surface area contributed by atoms with E-state index in [2.05, 4.69) is 16.2 Å². The first-order valence-corrected chi connectivity index (χ1v) is 6.95. The monoisotopic (exact) mass is 285 g/mol. The van der Waals surface area contributed by atoms with Crippen LogP contribution in [0.4, 0.5) is 0 Å². The van der Waals surface area contributed by atoms with Crippen LogP contribution in [0.5, 0.6) is 0 Å². The number of ether oxygens (including phenoxy) is 1. The van der Waals surface area contributed by atoms with Crippen LogP contribution in [0.15, 0.2) is 0 Å². The van der Waals surface area contributed by atoms with Crippen LogP contribution in [-0.4, -0.2) is 37.0 Å². The smallest absolute Gasteiger partial charge is 0.323 e. The number of hydrogen-bond acceptors (Lipinski definition) is 5. The lowest BCUT2D eigenvalue weighted by Crippen LogP contribution is -2.52. The van der Waals surface area contributed by atoms with E-state index in [0.717, 1.165) is 0 Å². The summed E-state index contributed by atoms with van der Waals surface area (Å²) in [4.78, 5) is 34.7. The first kappa shape index (κ1) is 16.4. The van der Waals surface area contributed by atoms with Gasteiger partial charge in [-0.2, -0.15) is 0 Å². The number of rotatable bonds is 4. The lowest BCUT2D eigenvalue weighted by molar-refractivity contribution is -0.147. The van der Waals surface area contributed by atoms with Crippen molar-refractivity contribution < 1.29 is 19.1 Å². The molecule has 7 nitrogen and oxygen atoms in total. The Bertz CT molecular complexity index is 363. The van der Waals surface area contributed by atoms with Gasteiger partial charge >= 0.3 is 5.97 Å². The van der Waals surface area contributed by atoms with E-state index in [1.54, 1.807) is 20.8 Å². The van der Waals surface area contributed by atoms with Gasteiger partial charge < -0.3 is 10.1 Å². The second kappa shape index (κ2) is 7.84. The van der Waals surface area contributed by atoms with Crippen LogP contribution in [0.25, 0.3) is 0 Å². The van der Waals surface area contributed by atoms with Gasteiger partial charge in [0.15, 0.2) is 0 Å². The topological polar surface area (TPSA) is 96.5 Å². The summed E-state index contributed by atoms with van der Waals surface area (Å²) in [5, 5.41) is 3.00. The number of hydrogen-bond donors (Lipinski definition) is 3. The molecule has 0 aromatic rings. The normalized spacial score (nSPS) is 22.2. The van der Waals surface area contributed by atoms with Gasteiger partial charge in [0.1, 0.15) is 6.04 Å². The van der Waals surface area contributed by atoms with Crippen molar-refractivity contribution in [1.29, 1.82) is 0 Å². The predicted molar refractivity (Wildman–Crippen MR) is 72.3 cm³/mol. The minimum absolute atomic E-state index is 0.187. The summed E-state index contributed by atoms with van der Waals surface area (Å²) in [6, 6.07) is -0.343. The molecule has 2 amide bonds. The number of amides is 2. The highest BCUT2D eigenvalue weighted by atomic mass is 16.5. The zero-order valence-electron chi connectivity index (χ0n) is 12.2. The Kier molecular flexibility index (Phi) is 6.44. The first-order valence-electron chi connectivity index (χ1n) is 6.95. The molecule has 0 bridgehead atoms. The van der Waals surface area contributed by atoms with Gasteiger partial charge in [0, 0.05) is 12.5 Å². The summed E-state index contributed by atoms with van der Waals surface area (Å²) < 4.78 is 4.92. The maximum absolute atomic E-state index is 11.8. The van der Waals surface area contributed by atoms with Crippen molar-refractivity contribution in [3.8, 4) is 0 Å². The van der Waals surface area contributed by atoms with Gasteiger partial charge in [-0.3, -0.25) is 25.2 Å². The van der Waals surface area contributed by atoms with Crippen LogP contribution in [0.2, 0.25) is 0 Å². The molecule has 0 aliphatic carbocycles. The first-order chi connectivity index (χ1) is 9.45. The zero-order chi connectivity index (χ0) is 15.1. The van der Waals surface area contributed by atoms with Crippen LogP contribution >= 0.6 is 0 Å². The van der Waals surface area contributed by atoms with Crippen molar-refractivity contribution >= 4 is 17.8 Å². The lowest BCUT2D eigenvalue weighted by atomic mass is 9.94. The number of carbonyl (C=O) groups excluding carboxylic acids is 3. The number of esters is 1. The van der Waals surface area contributed by atoms with E-state index in [-0.39, 0.29) is 35.7 Å². The standard InChI is InChI=1S/C13H23N3O4/c1-4-20-13(19)10-6-5-9(7-14-10)12(18)16-15-11(17)8(2)3/h8-10,14H,4-7H2,1-3H3,(H,15,17)(H,16,18)/t9-,10-/m0/s1. The fourth-order valence-corrected chi connectivity index (χ4v) is 1.89. The molecule has 0 unspecified atom stereocenters. The summed E-state index contributed by atoms with van der Waals surface area (Å²) in [5.74, 6) is -1.19. The van der Waals surface area contributed by atoms with E-state index in [1.165, 1.54) is 0 Å². The Hall–Kier alpha value is -1.63. The fourth-order valence-electron chi connectivity index (χ4n) is 1.89. The summed E-state index contributed by atoms with van der Waals surface area (Å²) in [6.07, 6.45) is 1.13. The molecule has 20 heavy (non-hydrogen) atoms. The van der Waals surface area contributed by atoms with Crippen LogP contribution in [0, 0.1) is 11.8 Å². The summed E-state index contributed by atoms with van der Waals surface area (Å²) in [5.41, 5.74) is 4.78. The summed E-state index contributed by atoms with van der Waals surface area (Å²) in [6.45, 7) is 5.99. The van der Waals surface area contributed by atoms with Crippen molar-refractivity contribution in [2.24, 2.45) is 11.8 Å². The van der Waals surface area contributed by atoms with E-state index < -0.39 is 0 Å². The SMILES string of the molecule is CCOC(=O)[C@@H]1CC[C@H](C(=O)NNC(=O)C(C)C)CN1. The maximum Gasteiger partial charge on any atom is 0.323 e. The van der Waals surface area contributed by atoms with Crippen molar-refractivity contribution in [3.05, 3.63) is 0 Å². The molecule has 1 aliphatic rings. The van der Waals surface area contributed by atoms with Crippen LogP contribution in [-0.2, 0) is 19.1 Å². The van der Waals surface area contributed by atoms with E-state index in [4.69, 9.17) is 4.74 Å². The van der Waals surface area contributed by atoms with Gasteiger partial charge in [-0.1, -0.05) is 13.8 Å². The van der Waals surface area contributed by atoms with Gasteiger partial charge in [0.05, 0.1) is 12.5 Å². The molecule has 3 N–H and O–H groups in total. The average molecular weight is 285 g/mol. The molecule has 1 aliphatic heterocycles. The lowest BCUT2D eigenvalue weighted by Gasteiger charge is -2.27. The molecule has 1 fully saturated rings. The Morgan fingerprint density at radius 1 is 1.25 bits per heavy atom. The molecular formula is C13H23N3O4. The van der Waals surface area contributed by atoms with Gasteiger partial charge in [-0.15, -0.1) is 0 Å². The number of hydrazine groups is 1. The highest BCUT2D eigenvalue weighted by molar-refractivity contribution is 5.84. The Morgan fingerprint density at radius 3 is 2.45 bits per heavy atom. The van der Waals surface area contributed by atoms with Gasteiger partial charge in [-0.25, -0.2) is 0 Å². The molecule has 0 saturated carbocycles. The molecule has 1 heterocycles. The van der Waals surface area contributed by atoms with E-state index >= 15 is 0 Å². The molecule has 114 valence electrons. The average Bonchev–Trinajstić information content (AvgIpc) is 2.44. The third-order valence-electron chi connectivity index (χ3n) is 3.19. The molecule has 0 aromatic heterocycles. The number of carbonyl (C=O) groups is 3. The molecule has 2 atom stereocenters. The van der Waals surface area contributed by atoms with Crippen molar-refractivity contribution in [2.45, 2.75) is 39.7 Å². The minimum atomic E-state index is -0.343. The fraction of sp³-hybridized carbons (Fsp3) is 0.769. The van der Waals surface area contributed by atoms with Crippen molar-refractivity contribution in [1.82, 2.24) is 16.2 Å². The quantitative estimate of drug-likeness (QED) is 0.488. The van der Waals surface area contributed by atoms with Gasteiger partial charge in [0.25, 0.3) is 0 Å². The Balaban J connectivity index is 2.32. The van der Waals surface area contributed by atoms with Crippen LogP contribution < -0.4 is 16.2 Å². The minimum Gasteiger partial charge on any atom is -0.465 e. The molecular weight excluding hydrogens is 262 g/mol. The van der Waals surface area contributed by atoms with Gasteiger partial charge in [0.2, 0.25) is 11.8 Å². The van der Waals surface area contributed by atoms with E-state index in [1.807, 2.05) is 0 Å². The highest BCUT2D eigenvalue weighted by Gasteiger charge is 2.30. The summed E-state index contributed by atoms with van der Waals surface area (Å²) in [7, 11) is 0. The molecule has 0 aromatic carbocycles.